The summed E-state index contributed by atoms with van der Waals surface area (Å²) in [5, 5.41) is 7.36. The monoisotopic (exact) mass is 493 g/mol. The molecule has 0 spiro atoms. The summed E-state index contributed by atoms with van der Waals surface area (Å²) in [6.45, 7) is 10.3. The third-order valence-electron chi connectivity index (χ3n) is 4.25. The number of piperazine rings is 1. The lowest BCUT2D eigenvalue weighted by Gasteiger charge is -2.34. The molecule has 1 fully saturated rings. The fourth-order valence-corrected chi connectivity index (χ4v) is 2.95. The summed E-state index contributed by atoms with van der Waals surface area (Å²) in [5.74, 6) is 0.962. The molecule has 0 aliphatic carbocycles. The molecule has 2 rings (SSSR count). The Morgan fingerprint density at radius 2 is 1.88 bits per heavy atom. The van der Waals surface area contributed by atoms with E-state index in [-0.39, 0.29) is 29.9 Å². The fraction of sp³-hybridized carbons (Fsp3) is 0.556. The van der Waals surface area contributed by atoms with Gasteiger partial charge in [-0.3, -0.25) is 9.69 Å². The predicted molar refractivity (Wildman–Crippen MR) is 118 cm³/mol. The van der Waals surface area contributed by atoms with E-state index in [4.69, 9.17) is 11.6 Å². The number of carbonyl (C=O) groups excluding carboxylic acids is 1. The zero-order valence-corrected chi connectivity index (χ0v) is 18.6. The molecule has 146 valence electrons. The summed E-state index contributed by atoms with van der Waals surface area (Å²) in [6, 6.07) is 7.76. The Morgan fingerprint density at radius 1 is 1.19 bits per heavy atom. The van der Waals surface area contributed by atoms with Crippen molar-refractivity contribution in [3.63, 3.8) is 0 Å². The van der Waals surface area contributed by atoms with Crippen molar-refractivity contribution >= 4 is 47.4 Å². The first-order chi connectivity index (χ1) is 12.1. The van der Waals surface area contributed by atoms with Crippen LogP contribution in [0.1, 0.15) is 19.4 Å². The van der Waals surface area contributed by atoms with E-state index >= 15 is 0 Å². The van der Waals surface area contributed by atoms with Gasteiger partial charge in [0, 0.05) is 57.8 Å². The first-order valence-corrected chi connectivity index (χ1v) is 9.21. The molecule has 0 saturated carbocycles. The number of benzene rings is 1. The van der Waals surface area contributed by atoms with Crippen LogP contribution in [-0.2, 0) is 11.3 Å². The number of nitrogens with one attached hydrogen (secondary N) is 2. The number of carbonyl (C=O) groups is 1. The van der Waals surface area contributed by atoms with Gasteiger partial charge in [0.15, 0.2) is 5.96 Å². The van der Waals surface area contributed by atoms with E-state index in [0.717, 1.165) is 62.4 Å². The summed E-state index contributed by atoms with van der Waals surface area (Å²) in [6.07, 6.45) is 0. The molecule has 1 aromatic rings. The summed E-state index contributed by atoms with van der Waals surface area (Å²) < 4.78 is 0. The maximum Gasteiger partial charge on any atom is 0.219 e. The summed E-state index contributed by atoms with van der Waals surface area (Å²) in [4.78, 5) is 20.2. The van der Waals surface area contributed by atoms with Gasteiger partial charge in [-0.15, -0.1) is 24.0 Å². The first-order valence-electron chi connectivity index (χ1n) is 8.83. The highest BCUT2D eigenvalue weighted by atomic mass is 127. The maximum absolute atomic E-state index is 11.4. The van der Waals surface area contributed by atoms with Crippen LogP contribution in [0.4, 0.5) is 0 Å². The van der Waals surface area contributed by atoms with Crippen LogP contribution in [-0.4, -0.2) is 67.5 Å². The Bertz CT molecular complexity index is 591. The molecule has 6 nitrogen and oxygen atoms in total. The van der Waals surface area contributed by atoms with Crippen molar-refractivity contribution in [1.29, 1.82) is 0 Å². The second kappa shape index (κ2) is 12.3. The molecule has 26 heavy (non-hydrogen) atoms. The number of aliphatic imine (C=N–C) groups is 1. The van der Waals surface area contributed by atoms with Crippen LogP contribution in [0.5, 0.6) is 0 Å². The van der Waals surface area contributed by atoms with Crippen molar-refractivity contribution in [2.45, 2.75) is 20.4 Å². The van der Waals surface area contributed by atoms with Gasteiger partial charge in [-0.05, 0) is 18.6 Å². The first kappa shape index (κ1) is 23.0. The lowest BCUT2D eigenvalue weighted by atomic mass is 10.2. The van der Waals surface area contributed by atoms with E-state index in [0.29, 0.717) is 6.54 Å². The highest BCUT2D eigenvalue weighted by Crippen LogP contribution is 2.15. The quantitative estimate of drug-likeness (QED) is 0.362. The second-order valence-electron chi connectivity index (χ2n) is 6.06. The average molecular weight is 494 g/mol. The number of hydrogen-bond donors (Lipinski definition) is 2. The number of hydrogen-bond acceptors (Lipinski definition) is 3. The van der Waals surface area contributed by atoms with Crippen molar-refractivity contribution in [2.75, 3.05) is 45.8 Å². The Hall–Kier alpha value is -1.06. The number of rotatable bonds is 6. The molecule has 1 saturated heterocycles. The van der Waals surface area contributed by atoms with Gasteiger partial charge in [-0.25, -0.2) is 4.99 Å². The zero-order chi connectivity index (χ0) is 18.1. The Kier molecular flexibility index (Phi) is 10.9. The van der Waals surface area contributed by atoms with E-state index in [2.05, 4.69) is 20.5 Å². The fourth-order valence-electron chi connectivity index (χ4n) is 2.75. The smallest absolute Gasteiger partial charge is 0.219 e. The maximum atomic E-state index is 11.4. The van der Waals surface area contributed by atoms with Crippen LogP contribution >= 0.6 is 35.6 Å². The molecule has 0 unspecified atom stereocenters. The minimum absolute atomic E-state index is 0. The summed E-state index contributed by atoms with van der Waals surface area (Å²) in [7, 11) is 0. The normalized spacial score (nSPS) is 15.3. The molecule has 1 aliphatic rings. The molecular formula is C18H29ClIN5O. The van der Waals surface area contributed by atoms with Crippen molar-refractivity contribution < 1.29 is 4.79 Å². The van der Waals surface area contributed by atoms with E-state index < -0.39 is 0 Å². The highest BCUT2D eigenvalue weighted by Gasteiger charge is 2.17. The standard InChI is InChI=1S/C18H28ClN5O.HI/c1-3-20-18(22-14-16-6-4-5-7-17(16)19)21-8-9-23-10-12-24(13-11-23)15(2)25;/h4-7H,3,8-14H2,1-2H3,(H2,20,21,22);1H. The molecule has 2 N–H and O–H groups in total. The van der Waals surface area contributed by atoms with E-state index in [9.17, 15) is 4.79 Å². The highest BCUT2D eigenvalue weighted by molar-refractivity contribution is 14.0. The Labute approximate surface area is 178 Å². The van der Waals surface area contributed by atoms with Crippen LogP contribution in [0, 0.1) is 0 Å². The zero-order valence-electron chi connectivity index (χ0n) is 15.5. The lowest BCUT2D eigenvalue weighted by Crippen LogP contribution is -2.50. The van der Waals surface area contributed by atoms with Gasteiger partial charge in [0.05, 0.1) is 6.54 Å². The summed E-state index contributed by atoms with van der Waals surface area (Å²) >= 11 is 6.18. The lowest BCUT2D eigenvalue weighted by molar-refractivity contribution is -0.130. The third kappa shape index (κ3) is 7.67. The molecule has 0 atom stereocenters. The number of guanidine groups is 1. The molecule has 0 aromatic heterocycles. The van der Waals surface area contributed by atoms with Gasteiger partial charge in [0.25, 0.3) is 0 Å². The van der Waals surface area contributed by atoms with E-state index in [1.165, 1.54) is 0 Å². The number of amides is 1. The van der Waals surface area contributed by atoms with Gasteiger partial charge in [-0.2, -0.15) is 0 Å². The van der Waals surface area contributed by atoms with Crippen LogP contribution in [0.25, 0.3) is 0 Å². The average Bonchev–Trinajstić information content (AvgIpc) is 2.61. The van der Waals surface area contributed by atoms with Crippen LogP contribution in [0.2, 0.25) is 5.02 Å². The van der Waals surface area contributed by atoms with Gasteiger partial charge in [0.1, 0.15) is 0 Å². The molecule has 1 aliphatic heterocycles. The van der Waals surface area contributed by atoms with E-state index in [1.54, 1.807) is 6.92 Å². The van der Waals surface area contributed by atoms with Crippen molar-refractivity contribution in [2.24, 2.45) is 4.99 Å². The minimum atomic E-state index is 0. The van der Waals surface area contributed by atoms with Gasteiger partial charge in [-0.1, -0.05) is 29.8 Å². The van der Waals surface area contributed by atoms with Crippen LogP contribution < -0.4 is 10.6 Å². The molecule has 0 radical (unpaired) electrons. The summed E-state index contributed by atoms with van der Waals surface area (Å²) in [5.41, 5.74) is 1.02. The number of halogens is 2. The molecule has 1 aromatic carbocycles. The molecule has 0 bridgehead atoms. The number of nitrogens with zero attached hydrogens (tertiary/aromatic N) is 3. The van der Waals surface area contributed by atoms with Crippen LogP contribution in [0.15, 0.2) is 29.3 Å². The third-order valence-corrected chi connectivity index (χ3v) is 4.62. The molecular weight excluding hydrogens is 465 g/mol. The van der Waals surface area contributed by atoms with Gasteiger partial charge < -0.3 is 15.5 Å². The topological polar surface area (TPSA) is 60.0 Å². The Morgan fingerprint density at radius 3 is 2.50 bits per heavy atom. The van der Waals surface area contributed by atoms with Crippen LogP contribution in [0.3, 0.4) is 0 Å². The minimum Gasteiger partial charge on any atom is -0.357 e. The largest absolute Gasteiger partial charge is 0.357 e. The van der Waals surface area contributed by atoms with E-state index in [1.807, 2.05) is 36.1 Å². The second-order valence-corrected chi connectivity index (χ2v) is 6.47. The van der Waals surface area contributed by atoms with Gasteiger partial charge in [0.2, 0.25) is 5.91 Å². The predicted octanol–water partition coefficient (Wildman–Crippen LogP) is 2.18. The Balaban J connectivity index is 0.00000338. The van der Waals surface area contributed by atoms with Gasteiger partial charge >= 0.3 is 0 Å². The van der Waals surface area contributed by atoms with Crippen molar-refractivity contribution in [3.05, 3.63) is 34.9 Å². The van der Waals surface area contributed by atoms with Crippen molar-refractivity contribution in [1.82, 2.24) is 20.4 Å². The molecule has 1 heterocycles. The SMILES string of the molecule is CCNC(=NCc1ccccc1Cl)NCCN1CCN(C(C)=O)CC1.I. The molecule has 8 heteroatoms. The van der Waals surface area contributed by atoms with Crippen molar-refractivity contribution in [3.8, 4) is 0 Å². The molecule has 1 amide bonds.